The van der Waals surface area contributed by atoms with E-state index in [2.05, 4.69) is 41.9 Å². The average molecular weight is 294 g/mol. The second-order valence-corrected chi connectivity index (χ2v) is 6.06. The standard InChI is InChI=1S/C15H26N4S/c1-4-5-6-7-9-14(2,12-16)18-19-15(3,13-17)10-8-11-20/h20H,4-11H2,1-3H3. The first kappa shape index (κ1) is 18.9. The van der Waals surface area contributed by atoms with Crippen LogP contribution in [0.1, 0.15) is 65.7 Å². The quantitative estimate of drug-likeness (QED) is 0.361. The summed E-state index contributed by atoms with van der Waals surface area (Å²) in [4.78, 5) is 0. The molecular formula is C15H26N4S. The molecule has 0 saturated heterocycles. The molecule has 0 saturated carbocycles. The lowest BCUT2D eigenvalue weighted by molar-refractivity contribution is 0.435. The van der Waals surface area contributed by atoms with Crippen LogP contribution in [0, 0.1) is 22.7 Å². The molecule has 0 amide bonds. The van der Waals surface area contributed by atoms with Gasteiger partial charge in [-0.2, -0.15) is 33.4 Å². The second-order valence-electron chi connectivity index (χ2n) is 5.61. The van der Waals surface area contributed by atoms with E-state index in [1.807, 2.05) is 0 Å². The van der Waals surface area contributed by atoms with Crippen LogP contribution in [0.2, 0.25) is 0 Å². The summed E-state index contributed by atoms with van der Waals surface area (Å²) in [5.74, 6) is 0.722. The van der Waals surface area contributed by atoms with Gasteiger partial charge in [-0.15, -0.1) is 0 Å². The van der Waals surface area contributed by atoms with Crippen molar-refractivity contribution in [3.63, 3.8) is 0 Å². The topological polar surface area (TPSA) is 72.3 Å². The van der Waals surface area contributed by atoms with Gasteiger partial charge in [0.15, 0.2) is 11.1 Å². The zero-order chi connectivity index (χ0) is 15.5. The first-order chi connectivity index (χ1) is 9.45. The monoisotopic (exact) mass is 294 g/mol. The lowest BCUT2D eigenvalue weighted by Gasteiger charge is -2.19. The van der Waals surface area contributed by atoms with Crippen molar-refractivity contribution < 1.29 is 0 Å². The van der Waals surface area contributed by atoms with Crippen molar-refractivity contribution in [2.45, 2.75) is 76.8 Å². The maximum atomic E-state index is 9.29. The van der Waals surface area contributed by atoms with Crippen LogP contribution >= 0.6 is 12.6 Å². The van der Waals surface area contributed by atoms with Gasteiger partial charge >= 0.3 is 0 Å². The molecule has 0 aromatic heterocycles. The van der Waals surface area contributed by atoms with Crippen molar-refractivity contribution in [2.75, 3.05) is 5.75 Å². The fraction of sp³-hybridized carbons (Fsp3) is 0.867. The fourth-order valence-electron chi connectivity index (χ4n) is 1.80. The number of nitriles is 2. The molecule has 0 fully saturated rings. The maximum Gasteiger partial charge on any atom is 0.164 e. The molecule has 2 unspecified atom stereocenters. The van der Waals surface area contributed by atoms with Gasteiger partial charge in [0.1, 0.15) is 0 Å². The smallest absolute Gasteiger partial charge is 0.164 e. The van der Waals surface area contributed by atoms with Crippen LogP contribution in [-0.4, -0.2) is 16.8 Å². The molecule has 4 nitrogen and oxygen atoms in total. The summed E-state index contributed by atoms with van der Waals surface area (Å²) < 4.78 is 0. The zero-order valence-electron chi connectivity index (χ0n) is 12.9. The van der Waals surface area contributed by atoms with E-state index in [9.17, 15) is 10.5 Å². The molecule has 5 heteroatoms. The molecule has 0 aliphatic rings. The van der Waals surface area contributed by atoms with E-state index in [1.54, 1.807) is 13.8 Å². The van der Waals surface area contributed by atoms with Crippen molar-refractivity contribution in [2.24, 2.45) is 10.2 Å². The number of hydrogen-bond acceptors (Lipinski definition) is 5. The molecule has 0 aliphatic carbocycles. The van der Waals surface area contributed by atoms with Gasteiger partial charge in [0.25, 0.3) is 0 Å². The van der Waals surface area contributed by atoms with Gasteiger partial charge in [-0.05, 0) is 45.3 Å². The van der Waals surface area contributed by atoms with Gasteiger partial charge in [0.05, 0.1) is 12.1 Å². The van der Waals surface area contributed by atoms with Crippen molar-refractivity contribution in [3.8, 4) is 12.1 Å². The summed E-state index contributed by atoms with van der Waals surface area (Å²) in [5.41, 5.74) is -1.66. The van der Waals surface area contributed by atoms with Crippen LogP contribution < -0.4 is 0 Å². The Hall–Kier alpha value is -1.07. The predicted octanol–water partition coefficient (Wildman–Crippen LogP) is 4.68. The molecule has 20 heavy (non-hydrogen) atoms. The van der Waals surface area contributed by atoms with E-state index in [0.717, 1.165) is 25.0 Å². The third kappa shape index (κ3) is 7.50. The van der Waals surface area contributed by atoms with E-state index in [0.29, 0.717) is 12.8 Å². The van der Waals surface area contributed by atoms with Crippen LogP contribution in [0.3, 0.4) is 0 Å². The van der Waals surface area contributed by atoms with Gasteiger partial charge in [0.2, 0.25) is 0 Å². The lowest BCUT2D eigenvalue weighted by atomic mass is 9.96. The van der Waals surface area contributed by atoms with E-state index in [1.165, 1.54) is 12.8 Å². The SMILES string of the molecule is CCCCCCC(C)(C#N)N=NC(C)(C#N)CCCS. The van der Waals surface area contributed by atoms with Gasteiger partial charge in [0, 0.05) is 0 Å². The highest BCUT2D eigenvalue weighted by Crippen LogP contribution is 2.24. The number of rotatable bonds is 10. The molecular weight excluding hydrogens is 268 g/mol. The molecule has 0 rings (SSSR count). The molecule has 0 aliphatic heterocycles. The molecule has 0 aromatic carbocycles. The summed E-state index contributed by atoms with van der Waals surface area (Å²) in [5, 5.41) is 26.8. The number of unbranched alkanes of at least 4 members (excludes halogenated alkanes) is 3. The minimum Gasteiger partial charge on any atom is -0.196 e. The Bertz CT molecular complexity index is 382. The Balaban J connectivity index is 4.62. The minimum atomic E-state index is -0.843. The molecule has 0 bridgehead atoms. The number of thiol groups is 1. The molecule has 0 N–H and O–H groups in total. The van der Waals surface area contributed by atoms with Crippen LogP contribution in [0.25, 0.3) is 0 Å². The second kappa shape index (κ2) is 9.77. The largest absolute Gasteiger partial charge is 0.196 e. The Morgan fingerprint density at radius 2 is 1.40 bits per heavy atom. The Kier molecular flexibility index (Phi) is 9.25. The van der Waals surface area contributed by atoms with Crippen molar-refractivity contribution in [3.05, 3.63) is 0 Å². The summed E-state index contributed by atoms with van der Waals surface area (Å²) in [6.07, 6.45) is 6.55. The van der Waals surface area contributed by atoms with Gasteiger partial charge in [-0.3, -0.25) is 0 Å². The summed E-state index contributed by atoms with van der Waals surface area (Å²) in [7, 11) is 0. The fourth-order valence-corrected chi connectivity index (χ4v) is 1.95. The van der Waals surface area contributed by atoms with E-state index in [-0.39, 0.29) is 0 Å². The van der Waals surface area contributed by atoms with Gasteiger partial charge in [-0.25, -0.2) is 0 Å². The summed E-state index contributed by atoms with van der Waals surface area (Å²) in [6, 6.07) is 4.41. The first-order valence-corrected chi connectivity index (χ1v) is 7.96. The number of hydrogen-bond donors (Lipinski definition) is 1. The number of nitrogens with zero attached hydrogens (tertiary/aromatic N) is 4. The molecule has 0 spiro atoms. The highest BCUT2D eigenvalue weighted by molar-refractivity contribution is 7.80. The van der Waals surface area contributed by atoms with Crippen LogP contribution in [0.5, 0.6) is 0 Å². The third-order valence-electron chi connectivity index (χ3n) is 3.31. The molecule has 2 atom stereocenters. The number of azo groups is 1. The summed E-state index contributed by atoms with van der Waals surface area (Å²) in [6.45, 7) is 5.71. The predicted molar refractivity (Wildman–Crippen MR) is 84.7 cm³/mol. The van der Waals surface area contributed by atoms with E-state index < -0.39 is 11.1 Å². The van der Waals surface area contributed by atoms with Crippen LogP contribution in [-0.2, 0) is 0 Å². The Labute approximate surface area is 128 Å². The minimum absolute atomic E-state index is 0.619. The third-order valence-corrected chi connectivity index (χ3v) is 3.63. The molecule has 0 aromatic rings. The summed E-state index contributed by atoms with van der Waals surface area (Å²) >= 11 is 4.15. The molecule has 0 heterocycles. The average Bonchev–Trinajstić information content (AvgIpc) is 2.47. The first-order valence-electron chi connectivity index (χ1n) is 7.32. The van der Waals surface area contributed by atoms with E-state index in [4.69, 9.17) is 0 Å². The maximum absolute atomic E-state index is 9.29. The van der Waals surface area contributed by atoms with Crippen molar-refractivity contribution in [1.82, 2.24) is 0 Å². The van der Waals surface area contributed by atoms with Crippen molar-refractivity contribution in [1.29, 1.82) is 10.5 Å². The van der Waals surface area contributed by atoms with E-state index >= 15 is 0 Å². The van der Waals surface area contributed by atoms with Gasteiger partial charge < -0.3 is 0 Å². The highest BCUT2D eigenvalue weighted by atomic mass is 32.1. The lowest BCUT2D eigenvalue weighted by Crippen LogP contribution is -2.23. The molecule has 112 valence electrons. The normalized spacial score (nSPS) is 17.1. The Morgan fingerprint density at radius 1 is 0.900 bits per heavy atom. The van der Waals surface area contributed by atoms with Crippen LogP contribution in [0.15, 0.2) is 10.2 Å². The zero-order valence-corrected chi connectivity index (χ0v) is 13.8. The Morgan fingerprint density at radius 3 is 1.80 bits per heavy atom. The van der Waals surface area contributed by atoms with Crippen molar-refractivity contribution >= 4 is 12.6 Å². The molecule has 0 radical (unpaired) electrons. The van der Waals surface area contributed by atoms with Crippen LogP contribution in [0.4, 0.5) is 0 Å². The highest BCUT2D eigenvalue weighted by Gasteiger charge is 2.27. The van der Waals surface area contributed by atoms with Gasteiger partial charge in [-0.1, -0.05) is 26.2 Å².